The Labute approximate surface area is 127 Å². The molecule has 20 heavy (non-hydrogen) atoms. The van der Waals surface area contributed by atoms with Crippen LogP contribution in [0.5, 0.6) is 0 Å². The number of hydrogen-bond donors (Lipinski definition) is 1. The second-order valence-corrected chi connectivity index (χ2v) is 5.58. The van der Waals surface area contributed by atoms with Gasteiger partial charge in [-0.1, -0.05) is 33.6 Å². The first-order valence-electron chi connectivity index (χ1n) is 6.36. The molecule has 0 aliphatic heterocycles. The number of benzene rings is 2. The standard InChI is InChI=1S/C17H16BrNO/c1-12-3-8-16(13(2)11-12)19-10-9-17(20)14-4-6-15(18)7-5-14/h3-11,19H,1-2H3/b10-9+. The summed E-state index contributed by atoms with van der Waals surface area (Å²) in [4.78, 5) is 11.9. The molecule has 2 aromatic carbocycles. The summed E-state index contributed by atoms with van der Waals surface area (Å²) >= 11 is 3.35. The predicted octanol–water partition coefficient (Wildman–Crippen LogP) is 4.87. The van der Waals surface area contributed by atoms with Gasteiger partial charge in [0.15, 0.2) is 5.78 Å². The Morgan fingerprint density at radius 1 is 1.10 bits per heavy atom. The minimum absolute atomic E-state index is 0.0187. The van der Waals surface area contributed by atoms with Crippen LogP contribution in [-0.4, -0.2) is 5.78 Å². The molecule has 0 spiro atoms. The van der Waals surface area contributed by atoms with Crippen LogP contribution in [0.4, 0.5) is 5.69 Å². The zero-order valence-electron chi connectivity index (χ0n) is 11.5. The molecule has 0 heterocycles. The summed E-state index contributed by atoms with van der Waals surface area (Å²) in [5.74, 6) is -0.0187. The first kappa shape index (κ1) is 14.5. The van der Waals surface area contributed by atoms with E-state index in [9.17, 15) is 4.79 Å². The van der Waals surface area contributed by atoms with Crippen LogP contribution in [0.1, 0.15) is 21.5 Å². The van der Waals surface area contributed by atoms with E-state index in [-0.39, 0.29) is 5.78 Å². The van der Waals surface area contributed by atoms with Gasteiger partial charge in [0.05, 0.1) is 0 Å². The number of halogens is 1. The Hall–Kier alpha value is -1.87. The SMILES string of the molecule is Cc1ccc(N/C=C/C(=O)c2ccc(Br)cc2)c(C)c1. The van der Waals surface area contributed by atoms with E-state index in [1.54, 1.807) is 24.4 Å². The van der Waals surface area contributed by atoms with Crippen LogP contribution in [0.3, 0.4) is 0 Å². The van der Waals surface area contributed by atoms with E-state index >= 15 is 0 Å². The highest BCUT2D eigenvalue weighted by Crippen LogP contribution is 2.16. The molecule has 0 aromatic heterocycles. The Balaban J connectivity index is 2.02. The highest BCUT2D eigenvalue weighted by atomic mass is 79.9. The molecule has 0 aliphatic carbocycles. The number of anilines is 1. The van der Waals surface area contributed by atoms with Crippen molar-refractivity contribution in [1.29, 1.82) is 0 Å². The van der Waals surface area contributed by atoms with Gasteiger partial charge in [-0.05, 0) is 49.7 Å². The second-order valence-electron chi connectivity index (χ2n) is 4.67. The van der Waals surface area contributed by atoms with Crippen LogP contribution in [0.15, 0.2) is 59.2 Å². The lowest BCUT2D eigenvalue weighted by Gasteiger charge is -2.06. The van der Waals surface area contributed by atoms with Crippen LogP contribution >= 0.6 is 15.9 Å². The van der Waals surface area contributed by atoms with Crippen molar-refractivity contribution in [3.05, 3.63) is 75.9 Å². The first-order valence-corrected chi connectivity index (χ1v) is 7.16. The fourth-order valence-electron chi connectivity index (χ4n) is 1.89. The van der Waals surface area contributed by atoms with Gasteiger partial charge in [-0.3, -0.25) is 4.79 Å². The maximum Gasteiger partial charge on any atom is 0.187 e. The zero-order valence-corrected chi connectivity index (χ0v) is 13.1. The van der Waals surface area contributed by atoms with Gasteiger partial charge >= 0.3 is 0 Å². The molecule has 3 heteroatoms. The molecule has 0 saturated carbocycles. The molecule has 0 fully saturated rings. The van der Waals surface area contributed by atoms with E-state index in [0.29, 0.717) is 5.56 Å². The molecule has 0 aliphatic rings. The lowest BCUT2D eigenvalue weighted by Crippen LogP contribution is -1.97. The highest BCUT2D eigenvalue weighted by molar-refractivity contribution is 9.10. The van der Waals surface area contributed by atoms with Gasteiger partial charge in [-0.25, -0.2) is 0 Å². The molecule has 102 valence electrons. The van der Waals surface area contributed by atoms with Gasteiger partial charge in [0.2, 0.25) is 0 Å². The van der Waals surface area contributed by atoms with Crippen molar-refractivity contribution in [2.45, 2.75) is 13.8 Å². The topological polar surface area (TPSA) is 29.1 Å². The Bertz CT molecular complexity index is 645. The van der Waals surface area contributed by atoms with E-state index in [2.05, 4.69) is 34.2 Å². The number of carbonyl (C=O) groups is 1. The van der Waals surface area contributed by atoms with E-state index in [1.807, 2.05) is 31.2 Å². The molecule has 1 N–H and O–H groups in total. The molecule has 0 bridgehead atoms. The summed E-state index contributed by atoms with van der Waals surface area (Å²) in [6.45, 7) is 4.10. The van der Waals surface area contributed by atoms with Crippen LogP contribution < -0.4 is 5.32 Å². The average molecular weight is 330 g/mol. The fraction of sp³-hybridized carbons (Fsp3) is 0.118. The van der Waals surface area contributed by atoms with Crippen molar-refractivity contribution in [1.82, 2.24) is 0 Å². The van der Waals surface area contributed by atoms with Gasteiger partial charge < -0.3 is 5.32 Å². The van der Waals surface area contributed by atoms with Crippen molar-refractivity contribution in [3.63, 3.8) is 0 Å². The monoisotopic (exact) mass is 329 g/mol. The van der Waals surface area contributed by atoms with Crippen molar-refractivity contribution in [2.24, 2.45) is 0 Å². The normalized spacial score (nSPS) is 10.8. The molecule has 0 atom stereocenters. The summed E-state index contributed by atoms with van der Waals surface area (Å²) in [6, 6.07) is 13.5. The quantitative estimate of drug-likeness (QED) is 0.640. The summed E-state index contributed by atoms with van der Waals surface area (Å²) in [5.41, 5.74) is 4.07. The molecule has 0 amide bonds. The summed E-state index contributed by atoms with van der Waals surface area (Å²) < 4.78 is 0.964. The number of aryl methyl sites for hydroxylation is 2. The van der Waals surface area contributed by atoms with Crippen LogP contribution in [-0.2, 0) is 0 Å². The summed E-state index contributed by atoms with van der Waals surface area (Å²) in [5, 5.41) is 3.14. The third kappa shape index (κ3) is 3.81. The van der Waals surface area contributed by atoms with E-state index < -0.39 is 0 Å². The highest BCUT2D eigenvalue weighted by Gasteiger charge is 2.01. The van der Waals surface area contributed by atoms with Gasteiger partial charge in [0.1, 0.15) is 0 Å². The Morgan fingerprint density at radius 2 is 1.80 bits per heavy atom. The number of rotatable bonds is 4. The first-order chi connectivity index (χ1) is 9.56. The number of carbonyl (C=O) groups excluding carboxylic acids is 1. The second kappa shape index (κ2) is 6.53. The molecule has 2 rings (SSSR count). The van der Waals surface area contributed by atoms with E-state index in [4.69, 9.17) is 0 Å². The number of hydrogen-bond acceptors (Lipinski definition) is 2. The maximum absolute atomic E-state index is 11.9. The lowest BCUT2D eigenvalue weighted by molar-refractivity contribution is 0.104. The van der Waals surface area contributed by atoms with Gasteiger partial charge in [-0.2, -0.15) is 0 Å². The molecule has 2 nitrogen and oxygen atoms in total. The minimum Gasteiger partial charge on any atom is -0.361 e. The molecule has 0 unspecified atom stereocenters. The van der Waals surface area contributed by atoms with Gasteiger partial charge in [-0.15, -0.1) is 0 Å². The molecular weight excluding hydrogens is 314 g/mol. The van der Waals surface area contributed by atoms with Crippen molar-refractivity contribution in [3.8, 4) is 0 Å². The molecule has 0 radical (unpaired) electrons. The summed E-state index contributed by atoms with van der Waals surface area (Å²) in [6.07, 6.45) is 3.23. The van der Waals surface area contributed by atoms with E-state index in [0.717, 1.165) is 15.7 Å². The lowest BCUT2D eigenvalue weighted by atomic mass is 10.1. The Kier molecular flexibility index (Phi) is 4.74. The van der Waals surface area contributed by atoms with Crippen LogP contribution in [0, 0.1) is 13.8 Å². The largest absolute Gasteiger partial charge is 0.361 e. The number of ketones is 1. The van der Waals surface area contributed by atoms with Crippen molar-refractivity contribution >= 4 is 27.4 Å². The van der Waals surface area contributed by atoms with Gasteiger partial charge in [0.25, 0.3) is 0 Å². The summed E-state index contributed by atoms with van der Waals surface area (Å²) in [7, 11) is 0. The zero-order chi connectivity index (χ0) is 14.5. The third-order valence-corrected chi connectivity index (χ3v) is 3.51. The smallest absolute Gasteiger partial charge is 0.187 e. The van der Waals surface area contributed by atoms with E-state index in [1.165, 1.54) is 5.56 Å². The molecular formula is C17H16BrNO. The predicted molar refractivity (Wildman–Crippen MR) is 87.2 cm³/mol. The van der Waals surface area contributed by atoms with Gasteiger partial charge in [0, 0.05) is 28.0 Å². The number of nitrogens with one attached hydrogen (secondary N) is 1. The number of allylic oxidation sites excluding steroid dienone is 1. The minimum atomic E-state index is -0.0187. The Morgan fingerprint density at radius 3 is 2.45 bits per heavy atom. The molecule has 2 aromatic rings. The van der Waals surface area contributed by atoms with Crippen molar-refractivity contribution < 1.29 is 4.79 Å². The maximum atomic E-state index is 11.9. The fourth-order valence-corrected chi connectivity index (χ4v) is 2.16. The molecule has 0 saturated heterocycles. The van der Waals surface area contributed by atoms with Crippen molar-refractivity contribution in [2.75, 3.05) is 5.32 Å². The van der Waals surface area contributed by atoms with Crippen LogP contribution in [0.2, 0.25) is 0 Å². The average Bonchev–Trinajstić information content (AvgIpc) is 2.42. The third-order valence-electron chi connectivity index (χ3n) is 2.98. The van der Waals surface area contributed by atoms with Crippen LogP contribution in [0.25, 0.3) is 0 Å².